The van der Waals surface area contributed by atoms with Crippen LogP contribution < -0.4 is 4.90 Å². The molecule has 1 amide bonds. The molecule has 0 bridgehead atoms. The Bertz CT molecular complexity index is 1530. The van der Waals surface area contributed by atoms with E-state index in [-0.39, 0.29) is 11.9 Å². The van der Waals surface area contributed by atoms with Crippen LogP contribution in [0.4, 0.5) is 24.5 Å². The van der Waals surface area contributed by atoms with Crippen molar-refractivity contribution in [3.63, 3.8) is 0 Å². The molecule has 5 rings (SSSR count). The summed E-state index contributed by atoms with van der Waals surface area (Å²) in [5.74, 6) is -0.153. The lowest BCUT2D eigenvalue weighted by molar-refractivity contribution is -0.137. The molecule has 1 aliphatic rings. The normalized spacial score (nSPS) is 14.6. The second kappa shape index (κ2) is 13.9. The van der Waals surface area contributed by atoms with Crippen LogP contribution >= 0.6 is 0 Å². The van der Waals surface area contributed by atoms with E-state index in [4.69, 9.17) is 0 Å². The lowest BCUT2D eigenvalue weighted by atomic mass is 10.0. The van der Waals surface area contributed by atoms with Crippen LogP contribution in [0.5, 0.6) is 0 Å². The average molecular weight is 599 g/mol. The van der Waals surface area contributed by atoms with Crippen LogP contribution in [0.25, 0.3) is 6.08 Å². The summed E-state index contributed by atoms with van der Waals surface area (Å²) in [4.78, 5) is 24.1. The molecule has 1 aromatic heterocycles. The largest absolute Gasteiger partial charge is 0.416 e. The van der Waals surface area contributed by atoms with E-state index in [9.17, 15) is 18.0 Å². The van der Waals surface area contributed by atoms with E-state index in [1.165, 1.54) is 29.3 Å². The summed E-state index contributed by atoms with van der Waals surface area (Å²) < 4.78 is 39.0. The summed E-state index contributed by atoms with van der Waals surface area (Å²) >= 11 is 0. The Morgan fingerprint density at radius 2 is 1.45 bits per heavy atom. The predicted molar refractivity (Wildman–Crippen MR) is 169 cm³/mol. The lowest BCUT2D eigenvalue weighted by Gasteiger charge is -2.38. The highest BCUT2D eigenvalue weighted by Crippen LogP contribution is 2.29. The van der Waals surface area contributed by atoms with Gasteiger partial charge in [-0.3, -0.25) is 14.7 Å². The fourth-order valence-electron chi connectivity index (χ4n) is 5.51. The third-order valence-electron chi connectivity index (χ3n) is 8.19. The number of aryl methyl sites for hydroxylation is 1. The molecule has 44 heavy (non-hydrogen) atoms. The molecule has 3 aromatic carbocycles. The molecule has 0 saturated carbocycles. The van der Waals surface area contributed by atoms with Gasteiger partial charge in [-0.15, -0.1) is 0 Å². The molecule has 228 valence electrons. The van der Waals surface area contributed by atoms with Gasteiger partial charge >= 0.3 is 6.18 Å². The fraction of sp³-hybridized carbons (Fsp3) is 0.278. The number of likely N-dealkylation sites (tertiary alicyclic amines) is 1. The van der Waals surface area contributed by atoms with E-state index in [2.05, 4.69) is 46.0 Å². The summed E-state index contributed by atoms with van der Waals surface area (Å²) in [6.45, 7) is 5.15. The summed E-state index contributed by atoms with van der Waals surface area (Å²) in [5, 5.41) is 0. The predicted octanol–water partition coefficient (Wildman–Crippen LogP) is 7.88. The summed E-state index contributed by atoms with van der Waals surface area (Å²) in [7, 11) is 2.00. The molecule has 0 unspecified atom stereocenters. The van der Waals surface area contributed by atoms with E-state index < -0.39 is 11.7 Å². The highest BCUT2D eigenvalue weighted by Gasteiger charge is 2.30. The van der Waals surface area contributed by atoms with E-state index in [1.54, 1.807) is 18.5 Å². The number of hydrogen-bond acceptors (Lipinski definition) is 4. The number of benzene rings is 3. The molecule has 2 heterocycles. The molecule has 0 radical (unpaired) electrons. The molecule has 1 aliphatic heterocycles. The van der Waals surface area contributed by atoms with Crippen LogP contribution in [-0.2, 0) is 24.1 Å². The number of rotatable bonds is 9. The molecule has 0 N–H and O–H groups in total. The van der Waals surface area contributed by atoms with Crippen molar-refractivity contribution in [3.8, 4) is 0 Å². The van der Waals surface area contributed by atoms with E-state index in [0.717, 1.165) is 61.5 Å². The number of hydrogen-bond donors (Lipinski definition) is 0. The third kappa shape index (κ3) is 8.14. The van der Waals surface area contributed by atoms with Crippen molar-refractivity contribution in [1.29, 1.82) is 0 Å². The van der Waals surface area contributed by atoms with E-state index in [1.807, 2.05) is 48.3 Å². The molecule has 0 atom stereocenters. The van der Waals surface area contributed by atoms with Gasteiger partial charge in [-0.1, -0.05) is 54.1 Å². The number of anilines is 2. The van der Waals surface area contributed by atoms with Gasteiger partial charge in [-0.05, 0) is 78.9 Å². The average Bonchev–Trinajstić information content (AvgIpc) is 3.04. The zero-order chi connectivity index (χ0) is 31.1. The molecule has 4 aromatic rings. The number of alkyl halides is 3. The topological polar surface area (TPSA) is 39.7 Å². The molecular formula is C36H37F3N4O. The molecule has 8 heteroatoms. The van der Waals surface area contributed by atoms with Crippen LogP contribution in [-0.4, -0.2) is 46.9 Å². The van der Waals surface area contributed by atoms with Crippen molar-refractivity contribution in [2.24, 2.45) is 0 Å². The summed E-state index contributed by atoms with van der Waals surface area (Å²) in [6.07, 6.45) is 3.87. The van der Waals surface area contributed by atoms with E-state index in [0.29, 0.717) is 12.1 Å². The van der Waals surface area contributed by atoms with Crippen LogP contribution in [0, 0.1) is 6.92 Å². The first-order valence-corrected chi connectivity index (χ1v) is 14.8. The first-order chi connectivity index (χ1) is 21.2. The minimum absolute atomic E-state index is 0.0493. The molecule has 5 nitrogen and oxygen atoms in total. The quantitative estimate of drug-likeness (QED) is 0.184. The van der Waals surface area contributed by atoms with Gasteiger partial charge in [0, 0.05) is 69.1 Å². The van der Waals surface area contributed by atoms with Crippen molar-refractivity contribution < 1.29 is 18.0 Å². The Balaban J connectivity index is 1.29. The maximum absolute atomic E-state index is 13.6. The number of nitrogens with zero attached hydrogens (tertiary/aromatic N) is 4. The monoisotopic (exact) mass is 598 g/mol. The van der Waals surface area contributed by atoms with Gasteiger partial charge in [0.2, 0.25) is 5.91 Å². The Morgan fingerprint density at radius 1 is 0.864 bits per heavy atom. The molecule has 0 spiro atoms. The first kappa shape index (κ1) is 31.0. The second-order valence-electron chi connectivity index (χ2n) is 11.3. The Kier molecular flexibility index (Phi) is 9.80. The molecule has 0 aliphatic carbocycles. The highest BCUT2D eigenvalue weighted by molar-refractivity contribution is 5.92. The van der Waals surface area contributed by atoms with Gasteiger partial charge in [0.05, 0.1) is 5.56 Å². The Hall–Kier alpha value is -4.43. The van der Waals surface area contributed by atoms with Crippen molar-refractivity contribution in [3.05, 3.63) is 131 Å². The van der Waals surface area contributed by atoms with E-state index >= 15 is 0 Å². The maximum atomic E-state index is 13.6. The van der Waals surface area contributed by atoms with Crippen molar-refractivity contribution in [1.82, 2.24) is 14.8 Å². The number of aromatic nitrogens is 1. The second-order valence-corrected chi connectivity index (χ2v) is 11.3. The zero-order valence-electron chi connectivity index (χ0n) is 25.0. The van der Waals surface area contributed by atoms with Crippen molar-refractivity contribution in [2.45, 2.75) is 45.1 Å². The number of pyridine rings is 1. The SMILES string of the molecule is Cc1ccc(CN2CCC(N(Cc3ccc(N(C)c4ccncc4)cc3)C(=O)C=Cc3ccc(C(F)(F)F)cc3)CC2)cc1. The highest BCUT2D eigenvalue weighted by atomic mass is 19.4. The fourth-order valence-corrected chi connectivity index (χ4v) is 5.51. The number of carbonyl (C=O) groups excluding carboxylic acids is 1. The Labute approximate surface area is 257 Å². The van der Waals surface area contributed by atoms with Gasteiger partial charge in [0.25, 0.3) is 0 Å². The zero-order valence-corrected chi connectivity index (χ0v) is 25.0. The van der Waals surface area contributed by atoms with Crippen molar-refractivity contribution >= 4 is 23.4 Å². The third-order valence-corrected chi connectivity index (χ3v) is 8.19. The van der Waals surface area contributed by atoms with Crippen molar-refractivity contribution in [2.75, 3.05) is 25.0 Å². The number of piperidine rings is 1. The first-order valence-electron chi connectivity index (χ1n) is 14.8. The van der Waals surface area contributed by atoms with Gasteiger partial charge in [0.1, 0.15) is 0 Å². The summed E-state index contributed by atoms with van der Waals surface area (Å²) in [6, 6.07) is 25.6. The van der Waals surface area contributed by atoms with Gasteiger partial charge in [0.15, 0.2) is 0 Å². The van der Waals surface area contributed by atoms with Gasteiger partial charge in [-0.25, -0.2) is 0 Å². The number of halogens is 3. The number of carbonyl (C=O) groups is 1. The molecular weight excluding hydrogens is 561 g/mol. The van der Waals surface area contributed by atoms with Gasteiger partial charge in [-0.2, -0.15) is 13.2 Å². The summed E-state index contributed by atoms with van der Waals surface area (Å²) in [5.41, 5.74) is 5.40. The molecule has 1 fully saturated rings. The van der Waals surface area contributed by atoms with Crippen LogP contribution in [0.1, 0.15) is 40.7 Å². The Morgan fingerprint density at radius 3 is 2.07 bits per heavy atom. The standard InChI is InChI=1S/C36H37F3N4O/c1-27-3-5-29(6-4-27)25-42-23-19-34(20-24-42)43(35(44)16-11-28-7-12-31(13-8-28)36(37,38)39)26-30-9-14-32(15-10-30)41(2)33-17-21-40-22-18-33/h3-18,21-22,34H,19-20,23-26H2,1-2H3. The minimum Gasteiger partial charge on any atom is -0.345 e. The van der Waals surface area contributed by atoms with Crippen LogP contribution in [0.2, 0.25) is 0 Å². The molecule has 1 saturated heterocycles. The minimum atomic E-state index is -4.40. The van der Waals surface area contributed by atoms with Crippen LogP contribution in [0.3, 0.4) is 0 Å². The number of amides is 1. The van der Waals surface area contributed by atoms with Crippen LogP contribution in [0.15, 0.2) is 103 Å². The van der Waals surface area contributed by atoms with Gasteiger partial charge < -0.3 is 9.80 Å². The smallest absolute Gasteiger partial charge is 0.345 e. The lowest BCUT2D eigenvalue weighted by Crippen LogP contribution is -2.46. The maximum Gasteiger partial charge on any atom is 0.416 e.